The summed E-state index contributed by atoms with van der Waals surface area (Å²) in [5, 5.41) is 12.3. The fourth-order valence-corrected chi connectivity index (χ4v) is 2.80. The summed E-state index contributed by atoms with van der Waals surface area (Å²) < 4.78 is 0. The highest BCUT2D eigenvalue weighted by atomic mass is 16.3. The molecule has 1 atom stereocenters. The molecule has 1 unspecified atom stereocenters. The van der Waals surface area contributed by atoms with Crippen LogP contribution in [0.15, 0.2) is 24.5 Å². The Morgan fingerprint density at radius 3 is 2.95 bits per heavy atom. The van der Waals surface area contributed by atoms with Gasteiger partial charge >= 0.3 is 0 Å². The second-order valence-electron chi connectivity index (χ2n) is 5.57. The van der Waals surface area contributed by atoms with Gasteiger partial charge in [-0.2, -0.15) is 0 Å². The molecule has 0 aromatic carbocycles. The molecule has 0 aliphatic carbocycles. The van der Waals surface area contributed by atoms with Crippen molar-refractivity contribution in [2.24, 2.45) is 0 Å². The molecule has 5 heteroatoms. The van der Waals surface area contributed by atoms with Crippen LogP contribution in [0.2, 0.25) is 0 Å². The van der Waals surface area contributed by atoms with Crippen LogP contribution in [-0.4, -0.2) is 53.2 Å². The van der Waals surface area contributed by atoms with Gasteiger partial charge in [-0.05, 0) is 43.5 Å². The zero-order valence-electron chi connectivity index (χ0n) is 12.5. The van der Waals surface area contributed by atoms with Crippen LogP contribution in [0.3, 0.4) is 0 Å². The topological polar surface area (TPSA) is 65.5 Å². The van der Waals surface area contributed by atoms with E-state index < -0.39 is 0 Å². The van der Waals surface area contributed by atoms with Crippen molar-refractivity contribution in [3.63, 3.8) is 0 Å². The maximum Gasteiger partial charge on any atom is 0.220 e. The van der Waals surface area contributed by atoms with Crippen molar-refractivity contribution >= 4 is 5.91 Å². The minimum atomic E-state index is 0.0874. The monoisotopic (exact) mass is 291 g/mol. The average Bonchev–Trinajstić information content (AvgIpc) is 2.54. The maximum atomic E-state index is 11.8. The van der Waals surface area contributed by atoms with E-state index in [4.69, 9.17) is 0 Å². The Labute approximate surface area is 126 Å². The van der Waals surface area contributed by atoms with Crippen LogP contribution in [0.1, 0.15) is 31.2 Å². The van der Waals surface area contributed by atoms with Crippen LogP contribution >= 0.6 is 0 Å². The quantitative estimate of drug-likeness (QED) is 0.786. The van der Waals surface area contributed by atoms with Gasteiger partial charge in [-0.3, -0.25) is 14.7 Å². The first-order chi connectivity index (χ1) is 10.3. The number of nitrogens with one attached hydrogen (secondary N) is 1. The van der Waals surface area contributed by atoms with Gasteiger partial charge in [-0.25, -0.2) is 0 Å². The SMILES string of the molecule is O=C(CCc1ccncc1)NCCN1CCCCC1CO. The van der Waals surface area contributed by atoms with Crippen molar-refractivity contribution < 1.29 is 9.90 Å². The number of carbonyl (C=O) groups is 1. The fraction of sp³-hybridized carbons (Fsp3) is 0.625. The molecule has 21 heavy (non-hydrogen) atoms. The van der Waals surface area contributed by atoms with Gasteiger partial charge in [0.2, 0.25) is 5.91 Å². The van der Waals surface area contributed by atoms with Crippen molar-refractivity contribution in [3.8, 4) is 0 Å². The molecule has 0 bridgehead atoms. The van der Waals surface area contributed by atoms with Crippen LogP contribution in [0.25, 0.3) is 0 Å². The van der Waals surface area contributed by atoms with E-state index >= 15 is 0 Å². The first-order valence-electron chi connectivity index (χ1n) is 7.80. The standard InChI is InChI=1S/C16H25N3O2/c20-13-15-3-1-2-11-19(15)12-10-18-16(21)5-4-14-6-8-17-9-7-14/h6-9,15,20H,1-5,10-13H2,(H,18,21). The van der Waals surface area contributed by atoms with Gasteiger partial charge in [0.05, 0.1) is 6.61 Å². The Morgan fingerprint density at radius 1 is 1.38 bits per heavy atom. The van der Waals surface area contributed by atoms with Gasteiger partial charge in [0.1, 0.15) is 0 Å². The molecule has 1 saturated heterocycles. The number of hydrogen-bond donors (Lipinski definition) is 2. The number of aryl methyl sites for hydroxylation is 1. The lowest BCUT2D eigenvalue weighted by Crippen LogP contribution is -2.45. The van der Waals surface area contributed by atoms with Crippen LogP contribution in [-0.2, 0) is 11.2 Å². The van der Waals surface area contributed by atoms with Gasteiger partial charge in [-0.15, -0.1) is 0 Å². The molecular formula is C16H25N3O2. The molecule has 0 spiro atoms. The number of carbonyl (C=O) groups excluding carboxylic acids is 1. The molecule has 1 aliphatic heterocycles. The lowest BCUT2D eigenvalue weighted by atomic mass is 10.0. The molecule has 1 aromatic heterocycles. The number of rotatable bonds is 7. The van der Waals surface area contributed by atoms with Gasteiger partial charge in [0, 0.05) is 37.9 Å². The summed E-state index contributed by atoms with van der Waals surface area (Å²) in [6.45, 7) is 2.73. The molecule has 5 nitrogen and oxygen atoms in total. The van der Waals surface area contributed by atoms with Crippen molar-refractivity contribution in [2.75, 3.05) is 26.2 Å². The molecule has 1 amide bonds. The van der Waals surface area contributed by atoms with E-state index in [9.17, 15) is 9.90 Å². The predicted octanol–water partition coefficient (Wildman–Crippen LogP) is 0.977. The summed E-state index contributed by atoms with van der Waals surface area (Å²) in [5.41, 5.74) is 1.14. The molecule has 1 aromatic rings. The minimum absolute atomic E-state index is 0.0874. The molecule has 2 heterocycles. The summed E-state index contributed by atoms with van der Waals surface area (Å²) in [5.74, 6) is 0.0874. The molecular weight excluding hydrogens is 266 g/mol. The summed E-state index contributed by atoms with van der Waals surface area (Å²) in [6.07, 6.45) is 8.20. The average molecular weight is 291 g/mol. The van der Waals surface area contributed by atoms with E-state index in [0.717, 1.165) is 31.5 Å². The van der Waals surface area contributed by atoms with Gasteiger partial charge in [0.25, 0.3) is 0 Å². The van der Waals surface area contributed by atoms with Crippen LogP contribution in [0.4, 0.5) is 0 Å². The molecule has 116 valence electrons. The van der Waals surface area contributed by atoms with Crippen molar-refractivity contribution in [3.05, 3.63) is 30.1 Å². The lowest BCUT2D eigenvalue weighted by molar-refractivity contribution is -0.121. The number of pyridine rings is 1. The number of aliphatic hydroxyl groups excluding tert-OH is 1. The molecule has 0 saturated carbocycles. The third kappa shape index (κ3) is 5.44. The number of nitrogens with zero attached hydrogens (tertiary/aromatic N) is 2. The van der Waals surface area contributed by atoms with Crippen molar-refractivity contribution in [1.82, 2.24) is 15.2 Å². The molecule has 2 rings (SSSR count). The van der Waals surface area contributed by atoms with E-state index in [1.54, 1.807) is 12.4 Å². The number of amides is 1. The van der Waals surface area contributed by atoms with Crippen LogP contribution in [0, 0.1) is 0 Å². The largest absolute Gasteiger partial charge is 0.395 e. The Morgan fingerprint density at radius 2 is 2.19 bits per heavy atom. The van der Waals surface area contributed by atoms with Crippen LogP contribution < -0.4 is 5.32 Å². The number of piperidine rings is 1. The predicted molar refractivity (Wildman–Crippen MR) is 81.9 cm³/mol. The van der Waals surface area contributed by atoms with Gasteiger partial charge < -0.3 is 10.4 Å². The third-order valence-corrected chi connectivity index (χ3v) is 4.07. The zero-order valence-corrected chi connectivity index (χ0v) is 12.5. The fourth-order valence-electron chi connectivity index (χ4n) is 2.80. The Bertz CT molecular complexity index is 425. The first-order valence-corrected chi connectivity index (χ1v) is 7.80. The van der Waals surface area contributed by atoms with Crippen molar-refractivity contribution in [2.45, 2.75) is 38.1 Å². The second kappa shape index (κ2) is 8.74. The summed E-state index contributed by atoms with van der Waals surface area (Å²) in [4.78, 5) is 18.1. The number of aliphatic hydroxyl groups is 1. The normalized spacial score (nSPS) is 19.4. The summed E-state index contributed by atoms with van der Waals surface area (Å²) in [7, 11) is 0. The first kappa shape index (κ1) is 15.9. The Hall–Kier alpha value is -1.46. The van der Waals surface area contributed by atoms with Crippen molar-refractivity contribution in [1.29, 1.82) is 0 Å². The third-order valence-electron chi connectivity index (χ3n) is 4.07. The van der Waals surface area contributed by atoms with E-state index in [2.05, 4.69) is 15.2 Å². The van der Waals surface area contributed by atoms with Crippen LogP contribution in [0.5, 0.6) is 0 Å². The Kier molecular flexibility index (Phi) is 6.63. The number of hydrogen-bond acceptors (Lipinski definition) is 4. The highest BCUT2D eigenvalue weighted by molar-refractivity contribution is 5.76. The molecule has 1 aliphatic rings. The minimum Gasteiger partial charge on any atom is -0.395 e. The zero-order chi connectivity index (χ0) is 14.9. The van der Waals surface area contributed by atoms with Gasteiger partial charge in [-0.1, -0.05) is 6.42 Å². The van der Waals surface area contributed by atoms with E-state index in [1.165, 1.54) is 12.8 Å². The van der Waals surface area contributed by atoms with Gasteiger partial charge in [0.15, 0.2) is 0 Å². The summed E-state index contributed by atoms with van der Waals surface area (Å²) >= 11 is 0. The number of aromatic nitrogens is 1. The Balaban J connectivity index is 1.62. The molecule has 1 fully saturated rings. The maximum absolute atomic E-state index is 11.8. The van der Waals surface area contributed by atoms with E-state index in [0.29, 0.717) is 13.0 Å². The molecule has 0 radical (unpaired) electrons. The van der Waals surface area contributed by atoms with E-state index in [1.807, 2.05) is 12.1 Å². The molecule has 2 N–H and O–H groups in total. The summed E-state index contributed by atoms with van der Waals surface area (Å²) in [6, 6.07) is 4.15. The second-order valence-corrected chi connectivity index (χ2v) is 5.57. The lowest BCUT2D eigenvalue weighted by Gasteiger charge is -2.34. The smallest absolute Gasteiger partial charge is 0.220 e. The van der Waals surface area contributed by atoms with E-state index in [-0.39, 0.29) is 18.6 Å². The highest BCUT2D eigenvalue weighted by Crippen LogP contribution is 2.15. The highest BCUT2D eigenvalue weighted by Gasteiger charge is 2.20. The number of likely N-dealkylation sites (tertiary alicyclic amines) is 1.